The Labute approximate surface area is 142 Å². The number of nitrogens with zero attached hydrogens (tertiary/aromatic N) is 1. The fourth-order valence-corrected chi connectivity index (χ4v) is 3.63. The van der Waals surface area contributed by atoms with Crippen LogP contribution in [-0.2, 0) is 26.3 Å². The topological polar surface area (TPSA) is 87.7 Å². The standard InChI is InChI=1S/C14H21N3O4S.ClH/c1-11-13(15-8-9-17(11)22(2,19)20)14(18)16-21-10-12-6-4-3-5-7-12;/h3-7,11,13,15H,8-10H2,1-2H3,(H,16,18);1H/t11-,13-;/m1./s1. The number of amides is 1. The van der Waals surface area contributed by atoms with Crippen molar-refractivity contribution in [3.05, 3.63) is 35.9 Å². The lowest BCUT2D eigenvalue weighted by Gasteiger charge is -2.37. The molecule has 1 fully saturated rings. The van der Waals surface area contributed by atoms with Crippen LogP contribution in [0.2, 0.25) is 0 Å². The first kappa shape index (κ1) is 19.9. The first-order valence-corrected chi connectivity index (χ1v) is 8.90. The second kappa shape index (κ2) is 8.60. The number of carbonyl (C=O) groups excluding carboxylic acids is 1. The van der Waals surface area contributed by atoms with Gasteiger partial charge in [0.25, 0.3) is 5.91 Å². The molecule has 1 aromatic rings. The summed E-state index contributed by atoms with van der Waals surface area (Å²) in [4.78, 5) is 17.3. The summed E-state index contributed by atoms with van der Waals surface area (Å²) in [6, 6.07) is 8.33. The van der Waals surface area contributed by atoms with Crippen molar-refractivity contribution >= 4 is 28.3 Å². The third-order valence-electron chi connectivity index (χ3n) is 3.60. The van der Waals surface area contributed by atoms with Crippen LogP contribution in [0.25, 0.3) is 0 Å². The largest absolute Gasteiger partial charge is 0.303 e. The molecule has 9 heteroatoms. The highest BCUT2D eigenvalue weighted by Gasteiger charge is 2.37. The fourth-order valence-electron chi connectivity index (χ4n) is 2.48. The zero-order valence-electron chi connectivity index (χ0n) is 13.1. The van der Waals surface area contributed by atoms with E-state index in [9.17, 15) is 13.2 Å². The summed E-state index contributed by atoms with van der Waals surface area (Å²) in [5.41, 5.74) is 3.32. The second-order valence-corrected chi connectivity index (χ2v) is 7.22. The number of nitrogens with one attached hydrogen (secondary N) is 2. The van der Waals surface area contributed by atoms with Crippen molar-refractivity contribution in [2.24, 2.45) is 0 Å². The minimum Gasteiger partial charge on any atom is -0.303 e. The number of carbonyl (C=O) groups is 1. The van der Waals surface area contributed by atoms with Gasteiger partial charge in [-0.05, 0) is 12.5 Å². The molecule has 1 heterocycles. The van der Waals surface area contributed by atoms with Crippen LogP contribution in [0.4, 0.5) is 0 Å². The first-order valence-electron chi connectivity index (χ1n) is 7.05. The van der Waals surface area contributed by atoms with E-state index in [0.717, 1.165) is 11.8 Å². The van der Waals surface area contributed by atoms with E-state index in [1.165, 1.54) is 4.31 Å². The van der Waals surface area contributed by atoms with Crippen molar-refractivity contribution in [3.8, 4) is 0 Å². The lowest BCUT2D eigenvalue weighted by Crippen LogP contribution is -2.63. The summed E-state index contributed by atoms with van der Waals surface area (Å²) in [7, 11) is -3.33. The average molecular weight is 364 g/mol. The molecule has 1 saturated heterocycles. The normalized spacial score (nSPS) is 22.2. The maximum Gasteiger partial charge on any atom is 0.262 e. The van der Waals surface area contributed by atoms with Crippen molar-refractivity contribution in [1.29, 1.82) is 0 Å². The van der Waals surface area contributed by atoms with Gasteiger partial charge in [0.05, 0.1) is 12.9 Å². The van der Waals surface area contributed by atoms with Crippen LogP contribution in [0.15, 0.2) is 30.3 Å². The van der Waals surface area contributed by atoms with Crippen LogP contribution >= 0.6 is 12.4 Å². The Bertz CT molecular complexity index is 612. The van der Waals surface area contributed by atoms with Gasteiger partial charge in [0.1, 0.15) is 6.04 Å². The molecule has 0 spiro atoms. The molecule has 0 unspecified atom stereocenters. The Balaban J connectivity index is 0.00000264. The lowest BCUT2D eigenvalue weighted by molar-refractivity contribution is -0.138. The SMILES string of the molecule is C[C@@H]1[C@H](C(=O)NOCc2ccccc2)NCCN1S(C)(=O)=O.Cl. The molecule has 0 aromatic heterocycles. The zero-order chi connectivity index (χ0) is 16.2. The predicted molar refractivity (Wildman–Crippen MR) is 89.4 cm³/mol. The summed E-state index contributed by atoms with van der Waals surface area (Å²) in [6.45, 7) is 2.74. The summed E-state index contributed by atoms with van der Waals surface area (Å²) in [6.07, 6.45) is 1.15. The van der Waals surface area contributed by atoms with E-state index in [1.54, 1.807) is 6.92 Å². The van der Waals surface area contributed by atoms with Gasteiger partial charge in [-0.15, -0.1) is 12.4 Å². The molecule has 0 saturated carbocycles. The molecular weight excluding hydrogens is 342 g/mol. The monoisotopic (exact) mass is 363 g/mol. The molecule has 1 aliphatic heterocycles. The van der Waals surface area contributed by atoms with E-state index in [2.05, 4.69) is 10.8 Å². The Kier molecular flexibility index (Phi) is 7.43. The van der Waals surface area contributed by atoms with Gasteiger partial charge in [0, 0.05) is 19.1 Å². The van der Waals surface area contributed by atoms with Crippen LogP contribution in [0.5, 0.6) is 0 Å². The minimum absolute atomic E-state index is 0. The van der Waals surface area contributed by atoms with E-state index in [4.69, 9.17) is 4.84 Å². The first-order chi connectivity index (χ1) is 10.4. The number of benzene rings is 1. The zero-order valence-corrected chi connectivity index (χ0v) is 14.7. The Morgan fingerprint density at radius 3 is 2.65 bits per heavy atom. The highest BCUT2D eigenvalue weighted by molar-refractivity contribution is 7.88. The Morgan fingerprint density at radius 2 is 2.04 bits per heavy atom. The smallest absolute Gasteiger partial charge is 0.262 e. The fraction of sp³-hybridized carbons (Fsp3) is 0.500. The quantitative estimate of drug-likeness (QED) is 0.734. The molecule has 2 atom stereocenters. The van der Waals surface area contributed by atoms with Crippen molar-refractivity contribution in [3.63, 3.8) is 0 Å². The maximum atomic E-state index is 12.2. The molecule has 23 heavy (non-hydrogen) atoms. The van der Waals surface area contributed by atoms with Gasteiger partial charge in [-0.2, -0.15) is 4.31 Å². The van der Waals surface area contributed by atoms with E-state index in [-0.39, 0.29) is 24.9 Å². The molecule has 2 N–H and O–H groups in total. The van der Waals surface area contributed by atoms with E-state index in [0.29, 0.717) is 13.1 Å². The van der Waals surface area contributed by atoms with Crippen LogP contribution in [0.1, 0.15) is 12.5 Å². The Morgan fingerprint density at radius 1 is 1.39 bits per heavy atom. The van der Waals surface area contributed by atoms with Crippen LogP contribution in [0, 0.1) is 0 Å². The molecule has 1 aromatic carbocycles. The summed E-state index contributed by atoms with van der Waals surface area (Å²) < 4.78 is 24.7. The molecule has 0 aliphatic carbocycles. The highest BCUT2D eigenvalue weighted by Crippen LogP contribution is 2.13. The molecule has 0 radical (unpaired) electrons. The van der Waals surface area contributed by atoms with Gasteiger partial charge >= 0.3 is 0 Å². The minimum atomic E-state index is -3.33. The number of hydrogen-bond acceptors (Lipinski definition) is 5. The summed E-state index contributed by atoms with van der Waals surface area (Å²) in [5.74, 6) is -0.378. The van der Waals surface area contributed by atoms with Crippen molar-refractivity contribution < 1.29 is 18.0 Å². The van der Waals surface area contributed by atoms with Crippen molar-refractivity contribution in [2.75, 3.05) is 19.3 Å². The summed E-state index contributed by atoms with van der Waals surface area (Å²) in [5, 5.41) is 3.02. The van der Waals surface area contributed by atoms with Crippen LogP contribution < -0.4 is 10.8 Å². The predicted octanol–water partition coefficient (Wildman–Crippen LogP) is 0.278. The number of hydroxylamine groups is 1. The van der Waals surface area contributed by atoms with Gasteiger partial charge in [-0.3, -0.25) is 9.63 Å². The van der Waals surface area contributed by atoms with Gasteiger partial charge in [-0.1, -0.05) is 30.3 Å². The van der Waals surface area contributed by atoms with Crippen LogP contribution in [0.3, 0.4) is 0 Å². The third-order valence-corrected chi connectivity index (χ3v) is 4.96. The number of halogens is 1. The van der Waals surface area contributed by atoms with E-state index < -0.39 is 22.1 Å². The number of sulfonamides is 1. The molecule has 1 amide bonds. The molecule has 7 nitrogen and oxygen atoms in total. The average Bonchev–Trinajstić information content (AvgIpc) is 2.47. The molecule has 130 valence electrons. The molecule has 2 rings (SSSR count). The number of rotatable bonds is 5. The van der Waals surface area contributed by atoms with Crippen LogP contribution in [-0.4, -0.2) is 50.1 Å². The van der Waals surface area contributed by atoms with Gasteiger partial charge in [0.2, 0.25) is 10.0 Å². The third kappa shape index (κ3) is 5.43. The molecule has 1 aliphatic rings. The van der Waals surface area contributed by atoms with E-state index in [1.807, 2.05) is 30.3 Å². The highest BCUT2D eigenvalue weighted by atomic mass is 35.5. The summed E-state index contributed by atoms with van der Waals surface area (Å²) >= 11 is 0. The van der Waals surface area contributed by atoms with Crippen molar-refractivity contribution in [1.82, 2.24) is 15.1 Å². The second-order valence-electron chi connectivity index (χ2n) is 5.29. The number of piperazine rings is 1. The van der Waals surface area contributed by atoms with Gasteiger partial charge < -0.3 is 5.32 Å². The molecular formula is C14H22ClN3O4S. The lowest BCUT2D eigenvalue weighted by atomic mass is 10.1. The molecule has 0 bridgehead atoms. The van der Waals surface area contributed by atoms with Gasteiger partial charge in [-0.25, -0.2) is 13.9 Å². The Hall–Kier alpha value is -1.19. The van der Waals surface area contributed by atoms with E-state index >= 15 is 0 Å². The maximum absolute atomic E-state index is 12.2. The van der Waals surface area contributed by atoms with Gasteiger partial charge in [0.15, 0.2) is 0 Å². The number of hydrogen-bond donors (Lipinski definition) is 2. The van der Waals surface area contributed by atoms with Crippen molar-refractivity contribution in [2.45, 2.75) is 25.6 Å².